The quantitative estimate of drug-likeness (QED) is 0.637. The largest absolute Gasteiger partial charge is 0.396 e. The first-order chi connectivity index (χ1) is 5.81. The van der Waals surface area contributed by atoms with Gasteiger partial charge in [0.25, 0.3) is 0 Å². The van der Waals surface area contributed by atoms with E-state index in [4.69, 9.17) is 5.11 Å². The first-order valence-electron chi connectivity index (χ1n) is 5.42. The predicted octanol–water partition coefficient (Wildman–Crippen LogP) is 2.44. The molecule has 70 valence electrons. The first-order valence-corrected chi connectivity index (χ1v) is 5.42. The molecule has 0 radical (unpaired) electrons. The molecule has 2 aliphatic carbocycles. The number of hydrogen-bond acceptors (Lipinski definition) is 1. The molecule has 2 unspecified atom stereocenters. The molecule has 2 fully saturated rings. The molecule has 0 aromatic rings. The van der Waals surface area contributed by atoms with Gasteiger partial charge in [0, 0.05) is 6.61 Å². The minimum Gasteiger partial charge on any atom is -0.396 e. The van der Waals surface area contributed by atoms with E-state index < -0.39 is 0 Å². The standard InChI is InChI=1S/C11H20O/c1-8-10-3-2-4-11(8)6-9(5-10)7-12/h8-12H,2-7H2,1H3. The van der Waals surface area contributed by atoms with Gasteiger partial charge in [-0.1, -0.05) is 26.2 Å². The number of rotatable bonds is 1. The first kappa shape index (κ1) is 8.55. The van der Waals surface area contributed by atoms with Crippen LogP contribution in [0.25, 0.3) is 0 Å². The summed E-state index contributed by atoms with van der Waals surface area (Å²) in [5.41, 5.74) is 0. The van der Waals surface area contributed by atoms with Crippen LogP contribution < -0.4 is 0 Å². The van der Waals surface area contributed by atoms with Gasteiger partial charge in [0.15, 0.2) is 0 Å². The van der Waals surface area contributed by atoms with Crippen LogP contribution in [0.5, 0.6) is 0 Å². The van der Waals surface area contributed by atoms with E-state index in [0.29, 0.717) is 12.5 Å². The molecule has 2 bridgehead atoms. The summed E-state index contributed by atoms with van der Waals surface area (Å²) in [7, 11) is 0. The highest BCUT2D eigenvalue weighted by atomic mass is 16.3. The summed E-state index contributed by atoms with van der Waals surface area (Å²) in [5, 5.41) is 9.13. The van der Waals surface area contributed by atoms with E-state index in [1.165, 1.54) is 32.1 Å². The molecule has 1 heteroatoms. The fourth-order valence-corrected chi connectivity index (χ4v) is 3.32. The van der Waals surface area contributed by atoms with Crippen molar-refractivity contribution in [3.8, 4) is 0 Å². The van der Waals surface area contributed by atoms with Gasteiger partial charge in [0.05, 0.1) is 0 Å². The highest BCUT2D eigenvalue weighted by Crippen LogP contribution is 2.46. The SMILES string of the molecule is CC1C2CCCC1CC(CO)C2. The number of hydrogen-bond donors (Lipinski definition) is 1. The maximum atomic E-state index is 9.13. The van der Waals surface area contributed by atoms with Crippen LogP contribution in [-0.2, 0) is 0 Å². The lowest BCUT2D eigenvalue weighted by atomic mass is 9.62. The second-order valence-corrected chi connectivity index (χ2v) is 4.83. The molecule has 2 aliphatic rings. The van der Waals surface area contributed by atoms with Crippen molar-refractivity contribution in [1.82, 2.24) is 0 Å². The average molecular weight is 168 g/mol. The van der Waals surface area contributed by atoms with Crippen LogP contribution in [-0.4, -0.2) is 11.7 Å². The van der Waals surface area contributed by atoms with Crippen molar-refractivity contribution >= 4 is 0 Å². The Kier molecular flexibility index (Phi) is 2.40. The van der Waals surface area contributed by atoms with Crippen LogP contribution in [0.2, 0.25) is 0 Å². The summed E-state index contributed by atoms with van der Waals surface area (Å²) in [6.07, 6.45) is 6.89. The van der Waals surface area contributed by atoms with Crippen LogP contribution in [0.4, 0.5) is 0 Å². The van der Waals surface area contributed by atoms with Crippen LogP contribution in [0, 0.1) is 23.7 Å². The van der Waals surface area contributed by atoms with Crippen LogP contribution in [0.15, 0.2) is 0 Å². The predicted molar refractivity (Wildman–Crippen MR) is 49.8 cm³/mol. The second kappa shape index (κ2) is 3.37. The summed E-state index contributed by atoms with van der Waals surface area (Å²) in [6, 6.07) is 0. The molecule has 12 heavy (non-hydrogen) atoms. The summed E-state index contributed by atoms with van der Waals surface area (Å²) >= 11 is 0. The monoisotopic (exact) mass is 168 g/mol. The maximum absolute atomic E-state index is 9.13. The molecule has 0 heterocycles. The van der Waals surface area contributed by atoms with Crippen molar-refractivity contribution < 1.29 is 5.11 Å². The van der Waals surface area contributed by atoms with Crippen molar-refractivity contribution in [3.63, 3.8) is 0 Å². The van der Waals surface area contributed by atoms with E-state index >= 15 is 0 Å². The van der Waals surface area contributed by atoms with E-state index in [1.807, 2.05) is 0 Å². The fraction of sp³-hybridized carbons (Fsp3) is 1.00. The van der Waals surface area contributed by atoms with Gasteiger partial charge in [-0.25, -0.2) is 0 Å². The molecule has 0 aliphatic heterocycles. The Labute approximate surface area is 75.2 Å². The highest BCUT2D eigenvalue weighted by Gasteiger charge is 2.36. The third-order valence-electron chi connectivity index (χ3n) is 4.17. The van der Waals surface area contributed by atoms with E-state index in [-0.39, 0.29) is 0 Å². The van der Waals surface area contributed by atoms with Crippen LogP contribution >= 0.6 is 0 Å². The zero-order valence-corrected chi connectivity index (χ0v) is 8.00. The molecule has 2 saturated carbocycles. The van der Waals surface area contributed by atoms with Gasteiger partial charge in [-0.3, -0.25) is 0 Å². The Morgan fingerprint density at radius 3 is 2.25 bits per heavy atom. The van der Waals surface area contributed by atoms with Crippen molar-refractivity contribution in [2.75, 3.05) is 6.61 Å². The van der Waals surface area contributed by atoms with Crippen molar-refractivity contribution in [2.24, 2.45) is 23.7 Å². The van der Waals surface area contributed by atoms with E-state index in [9.17, 15) is 0 Å². The third-order valence-corrected chi connectivity index (χ3v) is 4.17. The smallest absolute Gasteiger partial charge is 0.0459 e. The van der Waals surface area contributed by atoms with Gasteiger partial charge in [0.1, 0.15) is 0 Å². The van der Waals surface area contributed by atoms with Gasteiger partial charge < -0.3 is 5.11 Å². The van der Waals surface area contributed by atoms with Gasteiger partial charge in [-0.2, -0.15) is 0 Å². The van der Waals surface area contributed by atoms with Gasteiger partial charge in [-0.15, -0.1) is 0 Å². The number of aliphatic hydroxyl groups is 1. The summed E-state index contributed by atoms with van der Waals surface area (Å²) < 4.78 is 0. The van der Waals surface area contributed by atoms with Crippen LogP contribution in [0.1, 0.15) is 39.0 Å². The second-order valence-electron chi connectivity index (χ2n) is 4.83. The fourth-order valence-electron chi connectivity index (χ4n) is 3.32. The molecule has 1 N–H and O–H groups in total. The van der Waals surface area contributed by atoms with E-state index in [1.54, 1.807) is 0 Å². The number of fused-ring (bicyclic) bond motifs is 2. The molecule has 2 rings (SSSR count). The summed E-state index contributed by atoms with van der Waals surface area (Å²) in [6.45, 7) is 2.85. The van der Waals surface area contributed by atoms with Crippen molar-refractivity contribution in [3.05, 3.63) is 0 Å². The minimum atomic E-state index is 0.430. The molecule has 0 aromatic carbocycles. The Morgan fingerprint density at radius 2 is 1.75 bits per heavy atom. The molecular formula is C11H20O. The van der Waals surface area contributed by atoms with Gasteiger partial charge >= 0.3 is 0 Å². The molecule has 0 aromatic heterocycles. The normalized spacial score (nSPS) is 47.5. The molecular weight excluding hydrogens is 148 g/mol. The Hall–Kier alpha value is -0.0400. The summed E-state index contributed by atoms with van der Waals surface area (Å²) in [5.74, 6) is 3.46. The molecule has 0 saturated heterocycles. The van der Waals surface area contributed by atoms with Gasteiger partial charge in [-0.05, 0) is 36.5 Å². The molecule has 1 nitrogen and oxygen atoms in total. The Balaban J connectivity index is 2.02. The lowest BCUT2D eigenvalue weighted by molar-refractivity contribution is 0.0419. The third kappa shape index (κ3) is 1.39. The van der Waals surface area contributed by atoms with Gasteiger partial charge in [0.2, 0.25) is 0 Å². The molecule has 0 spiro atoms. The molecule has 2 atom stereocenters. The summed E-state index contributed by atoms with van der Waals surface area (Å²) in [4.78, 5) is 0. The Morgan fingerprint density at radius 1 is 1.17 bits per heavy atom. The highest BCUT2D eigenvalue weighted by molar-refractivity contribution is 4.87. The minimum absolute atomic E-state index is 0.430. The number of aliphatic hydroxyl groups excluding tert-OH is 1. The average Bonchev–Trinajstić information content (AvgIpc) is 2.04. The lowest BCUT2D eigenvalue weighted by Crippen LogP contribution is -2.35. The van der Waals surface area contributed by atoms with E-state index in [2.05, 4.69) is 6.92 Å². The lowest BCUT2D eigenvalue weighted by Gasteiger charge is -2.44. The van der Waals surface area contributed by atoms with Crippen molar-refractivity contribution in [1.29, 1.82) is 0 Å². The van der Waals surface area contributed by atoms with Crippen molar-refractivity contribution in [2.45, 2.75) is 39.0 Å². The molecule has 0 amide bonds. The Bertz CT molecular complexity index is 141. The zero-order chi connectivity index (χ0) is 8.55. The zero-order valence-electron chi connectivity index (χ0n) is 8.00. The maximum Gasteiger partial charge on any atom is 0.0459 e. The van der Waals surface area contributed by atoms with Crippen LogP contribution in [0.3, 0.4) is 0 Å². The van der Waals surface area contributed by atoms with E-state index in [0.717, 1.165) is 17.8 Å². The topological polar surface area (TPSA) is 20.2 Å².